The predicted octanol–water partition coefficient (Wildman–Crippen LogP) is 4.58. The summed E-state index contributed by atoms with van der Waals surface area (Å²) in [5.74, 6) is 1.96. The van der Waals surface area contributed by atoms with Gasteiger partial charge >= 0.3 is 0 Å². The Bertz CT molecular complexity index is 977. The van der Waals surface area contributed by atoms with Gasteiger partial charge in [0.25, 0.3) is 0 Å². The zero-order valence-corrected chi connectivity index (χ0v) is 14.2. The fourth-order valence-corrected chi connectivity index (χ4v) is 3.63. The molecule has 0 bridgehead atoms. The molecular formula is C18H16N4OS. The Hall–Kier alpha value is -2.73. The van der Waals surface area contributed by atoms with Crippen LogP contribution in [0.1, 0.15) is 16.0 Å². The number of anilines is 1. The van der Waals surface area contributed by atoms with E-state index in [1.54, 1.807) is 23.6 Å². The third-order valence-electron chi connectivity index (χ3n) is 3.99. The van der Waals surface area contributed by atoms with Gasteiger partial charge in [-0.1, -0.05) is 35.5 Å². The number of nitrogens with zero attached hydrogens (tertiary/aromatic N) is 3. The van der Waals surface area contributed by atoms with Crippen LogP contribution in [0.3, 0.4) is 0 Å². The topological polar surface area (TPSA) is 63.8 Å². The van der Waals surface area contributed by atoms with Crippen LogP contribution < -0.4 is 5.32 Å². The second-order valence-electron chi connectivity index (χ2n) is 5.58. The molecular weight excluding hydrogens is 320 g/mol. The first kappa shape index (κ1) is 14.8. The molecule has 0 radical (unpaired) electrons. The highest BCUT2D eigenvalue weighted by molar-refractivity contribution is 7.18. The Morgan fingerprint density at radius 2 is 1.92 bits per heavy atom. The summed E-state index contributed by atoms with van der Waals surface area (Å²) in [4.78, 5) is 11.5. The molecule has 0 aliphatic carbocycles. The minimum atomic E-state index is 0.553. The van der Waals surface area contributed by atoms with Crippen LogP contribution in [0.4, 0.5) is 5.82 Å². The van der Waals surface area contributed by atoms with Gasteiger partial charge in [-0.25, -0.2) is 9.97 Å². The van der Waals surface area contributed by atoms with E-state index in [2.05, 4.69) is 46.4 Å². The van der Waals surface area contributed by atoms with E-state index in [9.17, 15) is 0 Å². The largest absolute Gasteiger partial charge is 0.365 e. The van der Waals surface area contributed by atoms with Crippen molar-refractivity contribution in [1.29, 1.82) is 0 Å². The third-order valence-corrected chi connectivity index (χ3v) is 5.09. The molecule has 0 fully saturated rings. The van der Waals surface area contributed by atoms with Crippen molar-refractivity contribution in [2.24, 2.45) is 0 Å². The number of nitrogens with one attached hydrogen (secondary N) is 1. The van der Waals surface area contributed by atoms with Gasteiger partial charge in [-0.3, -0.25) is 0 Å². The van der Waals surface area contributed by atoms with Crippen molar-refractivity contribution in [3.63, 3.8) is 0 Å². The molecule has 120 valence electrons. The van der Waals surface area contributed by atoms with Gasteiger partial charge in [0.05, 0.1) is 11.6 Å². The Labute approximate surface area is 143 Å². The molecule has 0 atom stereocenters. The number of hydrogen-bond acceptors (Lipinski definition) is 6. The van der Waals surface area contributed by atoms with Crippen molar-refractivity contribution in [2.75, 3.05) is 5.32 Å². The molecule has 0 saturated heterocycles. The fraction of sp³-hybridized carbons (Fsp3) is 0.167. The highest BCUT2D eigenvalue weighted by atomic mass is 32.1. The Balaban J connectivity index is 1.79. The first-order valence-corrected chi connectivity index (χ1v) is 8.50. The molecule has 0 aliphatic heterocycles. The van der Waals surface area contributed by atoms with Gasteiger partial charge in [0.1, 0.15) is 10.6 Å². The number of aryl methyl sites for hydroxylation is 2. The molecule has 4 rings (SSSR count). The lowest BCUT2D eigenvalue weighted by Gasteiger charge is -2.09. The van der Waals surface area contributed by atoms with Gasteiger partial charge in [0.2, 0.25) is 11.6 Å². The van der Waals surface area contributed by atoms with Crippen LogP contribution >= 0.6 is 11.3 Å². The average molecular weight is 336 g/mol. The van der Waals surface area contributed by atoms with Crippen LogP contribution in [-0.4, -0.2) is 15.1 Å². The molecule has 4 aromatic rings. The molecule has 1 N–H and O–H groups in total. The van der Waals surface area contributed by atoms with Crippen LogP contribution in [0.5, 0.6) is 0 Å². The van der Waals surface area contributed by atoms with E-state index in [-0.39, 0.29) is 0 Å². The summed E-state index contributed by atoms with van der Waals surface area (Å²) in [5, 5.41) is 8.29. The molecule has 24 heavy (non-hydrogen) atoms. The Morgan fingerprint density at radius 3 is 2.67 bits per heavy atom. The summed E-state index contributed by atoms with van der Waals surface area (Å²) in [5.41, 5.74) is 2.42. The molecule has 0 unspecified atom stereocenters. The SMILES string of the molecule is Cc1sc2nc(-c3ccno3)nc(NCc3ccccc3)c2c1C. The summed E-state index contributed by atoms with van der Waals surface area (Å²) in [6, 6.07) is 12.0. The molecule has 3 heterocycles. The quantitative estimate of drug-likeness (QED) is 0.591. The number of hydrogen-bond donors (Lipinski definition) is 1. The van der Waals surface area contributed by atoms with E-state index in [0.717, 1.165) is 16.0 Å². The van der Waals surface area contributed by atoms with Crippen LogP contribution in [0.15, 0.2) is 47.1 Å². The third kappa shape index (κ3) is 2.65. The van der Waals surface area contributed by atoms with Crippen molar-refractivity contribution < 1.29 is 4.52 Å². The second-order valence-corrected chi connectivity index (χ2v) is 6.78. The number of fused-ring (bicyclic) bond motifs is 1. The van der Waals surface area contributed by atoms with Crippen molar-refractivity contribution in [3.05, 3.63) is 58.6 Å². The average Bonchev–Trinajstić information content (AvgIpc) is 3.23. The normalized spacial score (nSPS) is 11.1. The number of rotatable bonds is 4. The standard InChI is InChI=1S/C18H16N4OS/c1-11-12(2)24-18-15(11)17(19-10-13-6-4-3-5-7-13)21-16(22-18)14-8-9-20-23-14/h3-9H,10H2,1-2H3,(H,19,21,22). The fourth-order valence-electron chi connectivity index (χ4n) is 2.60. The number of aromatic nitrogens is 3. The summed E-state index contributed by atoms with van der Waals surface area (Å²) in [6.07, 6.45) is 1.60. The molecule has 1 aromatic carbocycles. The summed E-state index contributed by atoms with van der Waals surface area (Å²) >= 11 is 1.67. The maximum atomic E-state index is 5.23. The Morgan fingerprint density at radius 1 is 1.08 bits per heavy atom. The highest BCUT2D eigenvalue weighted by Crippen LogP contribution is 2.35. The molecule has 3 aromatic heterocycles. The summed E-state index contributed by atoms with van der Waals surface area (Å²) < 4.78 is 5.23. The predicted molar refractivity (Wildman–Crippen MR) is 96.2 cm³/mol. The van der Waals surface area contributed by atoms with Crippen molar-refractivity contribution in [2.45, 2.75) is 20.4 Å². The zero-order chi connectivity index (χ0) is 16.5. The van der Waals surface area contributed by atoms with Gasteiger partial charge in [0.15, 0.2) is 0 Å². The van der Waals surface area contributed by atoms with E-state index in [0.29, 0.717) is 18.1 Å². The monoisotopic (exact) mass is 336 g/mol. The first-order chi connectivity index (χ1) is 11.7. The minimum absolute atomic E-state index is 0.553. The number of thiophene rings is 1. The second kappa shape index (κ2) is 6.05. The van der Waals surface area contributed by atoms with E-state index in [1.807, 2.05) is 18.2 Å². The zero-order valence-electron chi connectivity index (χ0n) is 13.4. The number of benzene rings is 1. The van der Waals surface area contributed by atoms with E-state index in [4.69, 9.17) is 4.52 Å². The Kier molecular flexibility index (Phi) is 3.74. The van der Waals surface area contributed by atoms with E-state index in [1.165, 1.54) is 16.0 Å². The maximum absolute atomic E-state index is 5.23. The van der Waals surface area contributed by atoms with Crippen molar-refractivity contribution in [1.82, 2.24) is 15.1 Å². The van der Waals surface area contributed by atoms with Crippen LogP contribution in [0.25, 0.3) is 21.8 Å². The molecule has 0 amide bonds. The van der Waals surface area contributed by atoms with Gasteiger partial charge in [-0.05, 0) is 25.0 Å². The minimum Gasteiger partial charge on any atom is -0.365 e. The van der Waals surface area contributed by atoms with Crippen LogP contribution in [0.2, 0.25) is 0 Å². The van der Waals surface area contributed by atoms with Crippen LogP contribution in [-0.2, 0) is 6.54 Å². The summed E-state index contributed by atoms with van der Waals surface area (Å²) in [7, 11) is 0. The molecule has 5 nitrogen and oxygen atoms in total. The van der Waals surface area contributed by atoms with E-state index < -0.39 is 0 Å². The van der Waals surface area contributed by atoms with Gasteiger partial charge < -0.3 is 9.84 Å². The van der Waals surface area contributed by atoms with Gasteiger partial charge in [0, 0.05) is 17.5 Å². The van der Waals surface area contributed by atoms with Crippen molar-refractivity contribution >= 4 is 27.4 Å². The van der Waals surface area contributed by atoms with E-state index >= 15 is 0 Å². The van der Waals surface area contributed by atoms with Gasteiger partial charge in [-0.15, -0.1) is 11.3 Å². The van der Waals surface area contributed by atoms with Crippen molar-refractivity contribution in [3.8, 4) is 11.6 Å². The molecule has 0 spiro atoms. The molecule has 0 saturated carbocycles. The lowest BCUT2D eigenvalue weighted by atomic mass is 10.2. The van der Waals surface area contributed by atoms with Crippen LogP contribution in [0, 0.1) is 13.8 Å². The smallest absolute Gasteiger partial charge is 0.204 e. The first-order valence-electron chi connectivity index (χ1n) is 7.69. The lowest BCUT2D eigenvalue weighted by molar-refractivity contribution is 0.430. The summed E-state index contributed by atoms with van der Waals surface area (Å²) in [6.45, 7) is 4.92. The highest BCUT2D eigenvalue weighted by Gasteiger charge is 2.16. The van der Waals surface area contributed by atoms with Gasteiger partial charge in [-0.2, -0.15) is 0 Å². The molecule has 6 heteroatoms. The molecule has 0 aliphatic rings. The maximum Gasteiger partial charge on any atom is 0.204 e. The lowest BCUT2D eigenvalue weighted by Crippen LogP contribution is -2.03.